The van der Waals surface area contributed by atoms with Crippen molar-refractivity contribution in [2.75, 3.05) is 5.32 Å². The minimum atomic E-state index is -0.828. The summed E-state index contributed by atoms with van der Waals surface area (Å²) in [7, 11) is 0. The Morgan fingerprint density at radius 2 is 2.22 bits per heavy atom. The average molecular weight is 311 g/mol. The molecule has 0 radical (unpaired) electrons. The molecule has 1 rings (SSSR count). The predicted octanol–water partition coefficient (Wildman–Crippen LogP) is 3.23. The first-order valence-corrected chi connectivity index (χ1v) is 6.41. The van der Waals surface area contributed by atoms with E-state index in [1.807, 2.05) is 13.8 Å². The number of aliphatic carboxylic acids is 1. The Labute approximate surface area is 115 Å². The Hall–Kier alpha value is -1.54. The minimum absolute atomic E-state index is 0.0596. The second kappa shape index (κ2) is 6.41. The van der Waals surface area contributed by atoms with Crippen LogP contribution in [0.3, 0.4) is 0 Å². The number of hydrogen-bond donors (Lipinski definition) is 2. The summed E-state index contributed by atoms with van der Waals surface area (Å²) in [6.07, 6.45) is 0.0596. The molecule has 0 saturated carbocycles. The first-order valence-electron chi connectivity index (χ1n) is 5.62. The first-order chi connectivity index (χ1) is 8.43. The normalized spacial score (nSPS) is 11.9. The van der Waals surface area contributed by atoms with Crippen LogP contribution < -0.4 is 5.32 Å². The zero-order valence-electron chi connectivity index (χ0n) is 10.3. The number of rotatable bonds is 5. The van der Waals surface area contributed by atoms with E-state index in [0.29, 0.717) is 5.56 Å². The fourth-order valence-electron chi connectivity index (χ4n) is 1.54. The fourth-order valence-corrected chi connectivity index (χ4v) is 2.04. The molecular formula is C13H15BrN2O2. The van der Waals surface area contributed by atoms with Crippen molar-refractivity contribution in [1.29, 1.82) is 5.26 Å². The number of nitrogens with one attached hydrogen (secondary N) is 1. The van der Waals surface area contributed by atoms with Crippen LogP contribution in [0.1, 0.15) is 25.8 Å². The van der Waals surface area contributed by atoms with Crippen molar-refractivity contribution in [3.05, 3.63) is 28.2 Å². The molecule has 5 heteroatoms. The van der Waals surface area contributed by atoms with Crippen LogP contribution >= 0.6 is 15.9 Å². The minimum Gasteiger partial charge on any atom is -0.481 e. The molecule has 0 aliphatic rings. The van der Waals surface area contributed by atoms with Gasteiger partial charge in [0.15, 0.2) is 0 Å². The molecule has 0 aromatic heterocycles. The van der Waals surface area contributed by atoms with E-state index in [-0.39, 0.29) is 18.4 Å². The molecule has 0 aliphatic carbocycles. The Balaban J connectivity index is 2.87. The van der Waals surface area contributed by atoms with Gasteiger partial charge in [0.25, 0.3) is 0 Å². The topological polar surface area (TPSA) is 73.1 Å². The summed E-state index contributed by atoms with van der Waals surface area (Å²) in [5.41, 5.74) is 1.36. The third-order valence-electron chi connectivity index (χ3n) is 2.64. The highest BCUT2D eigenvalue weighted by atomic mass is 79.9. The van der Waals surface area contributed by atoms with Crippen molar-refractivity contribution in [1.82, 2.24) is 0 Å². The number of carbonyl (C=O) groups is 1. The number of anilines is 1. The van der Waals surface area contributed by atoms with Crippen LogP contribution in [-0.4, -0.2) is 17.1 Å². The van der Waals surface area contributed by atoms with Gasteiger partial charge in [0.1, 0.15) is 0 Å². The van der Waals surface area contributed by atoms with E-state index in [0.717, 1.165) is 10.2 Å². The van der Waals surface area contributed by atoms with Gasteiger partial charge in [-0.05, 0) is 40.0 Å². The average Bonchev–Trinajstić information content (AvgIpc) is 2.29. The lowest BCUT2D eigenvalue weighted by Crippen LogP contribution is -2.28. The second-order valence-corrected chi connectivity index (χ2v) is 5.25. The summed E-state index contributed by atoms with van der Waals surface area (Å²) in [4.78, 5) is 10.8. The van der Waals surface area contributed by atoms with Gasteiger partial charge in [-0.15, -0.1) is 0 Å². The van der Waals surface area contributed by atoms with Gasteiger partial charge in [0.2, 0.25) is 0 Å². The third-order valence-corrected chi connectivity index (χ3v) is 3.29. The fraction of sp³-hybridized carbons (Fsp3) is 0.385. The maximum absolute atomic E-state index is 10.8. The largest absolute Gasteiger partial charge is 0.481 e. The van der Waals surface area contributed by atoms with Gasteiger partial charge in [0, 0.05) is 16.2 Å². The molecule has 0 saturated heterocycles. The number of hydrogen-bond acceptors (Lipinski definition) is 3. The molecule has 0 amide bonds. The van der Waals surface area contributed by atoms with Crippen molar-refractivity contribution in [3.8, 4) is 6.07 Å². The van der Waals surface area contributed by atoms with E-state index in [4.69, 9.17) is 10.4 Å². The van der Waals surface area contributed by atoms with Gasteiger partial charge < -0.3 is 10.4 Å². The quantitative estimate of drug-likeness (QED) is 0.875. The highest BCUT2D eigenvalue weighted by Gasteiger charge is 2.17. The molecule has 1 aromatic carbocycles. The van der Waals surface area contributed by atoms with Gasteiger partial charge in [-0.2, -0.15) is 5.26 Å². The van der Waals surface area contributed by atoms with Gasteiger partial charge in [0.05, 0.1) is 18.1 Å². The number of halogens is 1. The zero-order chi connectivity index (χ0) is 13.7. The Kier molecular flexibility index (Phi) is 5.17. The monoisotopic (exact) mass is 310 g/mol. The van der Waals surface area contributed by atoms with Crippen molar-refractivity contribution >= 4 is 27.6 Å². The molecule has 0 heterocycles. The molecule has 0 aliphatic heterocycles. The highest BCUT2D eigenvalue weighted by molar-refractivity contribution is 9.10. The molecular weight excluding hydrogens is 296 g/mol. The summed E-state index contributed by atoms with van der Waals surface area (Å²) in [6.45, 7) is 3.94. The lowest BCUT2D eigenvalue weighted by Gasteiger charge is -2.22. The summed E-state index contributed by atoms with van der Waals surface area (Å²) >= 11 is 3.37. The predicted molar refractivity (Wildman–Crippen MR) is 73.4 cm³/mol. The zero-order valence-corrected chi connectivity index (χ0v) is 11.9. The van der Waals surface area contributed by atoms with E-state index in [1.165, 1.54) is 0 Å². The summed E-state index contributed by atoms with van der Waals surface area (Å²) in [6, 6.07) is 7.09. The van der Waals surface area contributed by atoms with E-state index in [2.05, 4.69) is 27.3 Å². The molecule has 1 aromatic rings. The van der Waals surface area contributed by atoms with Crippen LogP contribution in [0.2, 0.25) is 0 Å². The van der Waals surface area contributed by atoms with Gasteiger partial charge >= 0.3 is 5.97 Å². The lowest BCUT2D eigenvalue weighted by atomic mass is 10.0. The molecule has 1 unspecified atom stereocenters. The third kappa shape index (κ3) is 4.04. The second-order valence-electron chi connectivity index (χ2n) is 4.40. The van der Waals surface area contributed by atoms with Crippen molar-refractivity contribution < 1.29 is 9.90 Å². The van der Waals surface area contributed by atoms with Crippen LogP contribution in [0.15, 0.2) is 22.7 Å². The van der Waals surface area contributed by atoms with Crippen molar-refractivity contribution in [2.24, 2.45) is 5.92 Å². The standard InChI is InChI=1S/C13H15BrN2O2/c1-8(2)12(6-13(17)18)16-11-4-3-9(7-15)5-10(11)14/h3-5,8,12,16H,6H2,1-2H3,(H,17,18). The molecule has 0 fully saturated rings. The number of nitriles is 1. The Morgan fingerprint density at radius 1 is 1.56 bits per heavy atom. The van der Waals surface area contributed by atoms with E-state index < -0.39 is 5.97 Å². The van der Waals surface area contributed by atoms with Crippen molar-refractivity contribution in [2.45, 2.75) is 26.3 Å². The Bertz CT molecular complexity index is 480. The van der Waals surface area contributed by atoms with E-state index >= 15 is 0 Å². The van der Waals surface area contributed by atoms with E-state index in [1.54, 1.807) is 18.2 Å². The Morgan fingerprint density at radius 3 is 2.67 bits per heavy atom. The van der Waals surface area contributed by atoms with Gasteiger partial charge in [-0.1, -0.05) is 13.8 Å². The molecule has 0 spiro atoms. The number of carboxylic acids is 1. The summed E-state index contributed by atoms with van der Waals surface area (Å²) in [5, 5.41) is 20.8. The van der Waals surface area contributed by atoms with Crippen LogP contribution in [0.5, 0.6) is 0 Å². The van der Waals surface area contributed by atoms with Gasteiger partial charge in [-0.3, -0.25) is 4.79 Å². The molecule has 18 heavy (non-hydrogen) atoms. The van der Waals surface area contributed by atoms with Crippen LogP contribution in [0, 0.1) is 17.2 Å². The SMILES string of the molecule is CC(C)C(CC(=O)O)Nc1ccc(C#N)cc1Br. The molecule has 96 valence electrons. The summed E-state index contributed by atoms with van der Waals surface area (Å²) < 4.78 is 0.762. The maximum Gasteiger partial charge on any atom is 0.305 e. The molecule has 0 bridgehead atoms. The summed E-state index contributed by atoms with van der Waals surface area (Å²) in [5.74, 6) is -0.630. The number of carboxylic acid groups (broad SMARTS) is 1. The van der Waals surface area contributed by atoms with E-state index in [9.17, 15) is 4.79 Å². The smallest absolute Gasteiger partial charge is 0.305 e. The number of benzene rings is 1. The molecule has 4 nitrogen and oxygen atoms in total. The molecule has 1 atom stereocenters. The van der Waals surface area contributed by atoms with Gasteiger partial charge in [-0.25, -0.2) is 0 Å². The van der Waals surface area contributed by atoms with Crippen LogP contribution in [0.4, 0.5) is 5.69 Å². The van der Waals surface area contributed by atoms with Crippen molar-refractivity contribution in [3.63, 3.8) is 0 Å². The molecule has 2 N–H and O–H groups in total. The first kappa shape index (κ1) is 14.5. The highest BCUT2D eigenvalue weighted by Crippen LogP contribution is 2.25. The maximum atomic E-state index is 10.8. The number of nitrogens with zero attached hydrogens (tertiary/aromatic N) is 1. The lowest BCUT2D eigenvalue weighted by molar-refractivity contribution is -0.137. The van der Waals surface area contributed by atoms with Crippen LogP contribution in [-0.2, 0) is 4.79 Å². The van der Waals surface area contributed by atoms with Crippen LogP contribution in [0.25, 0.3) is 0 Å².